The summed E-state index contributed by atoms with van der Waals surface area (Å²) in [6.07, 6.45) is 2.69. The van der Waals surface area contributed by atoms with Crippen LogP contribution in [0.2, 0.25) is 5.02 Å². The number of hydrogen-bond acceptors (Lipinski definition) is 3. The number of nitrogens with one attached hydrogen (secondary N) is 1. The third kappa shape index (κ3) is 3.13. The second-order valence-electron chi connectivity index (χ2n) is 5.72. The number of phenolic OH excluding ortho intramolecular Hbond substituents is 1. The fourth-order valence-corrected chi connectivity index (χ4v) is 2.88. The third-order valence-electron chi connectivity index (χ3n) is 3.98. The SMILES string of the molecule is O=C(NC[C@H]1CC(=O)N(C2CC2)C1)c1ccc(Cl)cc1O. The van der Waals surface area contributed by atoms with Crippen molar-refractivity contribution < 1.29 is 14.7 Å². The zero-order valence-corrected chi connectivity index (χ0v) is 12.3. The topological polar surface area (TPSA) is 69.6 Å². The first-order valence-corrected chi connectivity index (χ1v) is 7.48. The maximum absolute atomic E-state index is 12.0. The van der Waals surface area contributed by atoms with Gasteiger partial charge in [-0.3, -0.25) is 9.59 Å². The molecule has 0 radical (unpaired) electrons. The Hall–Kier alpha value is -1.75. The summed E-state index contributed by atoms with van der Waals surface area (Å²) in [7, 11) is 0. The molecule has 1 saturated heterocycles. The van der Waals surface area contributed by atoms with Gasteiger partial charge in [0.25, 0.3) is 5.91 Å². The van der Waals surface area contributed by atoms with E-state index in [1.165, 1.54) is 12.1 Å². The number of nitrogens with zero attached hydrogens (tertiary/aromatic N) is 1. The lowest BCUT2D eigenvalue weighted by Crippen LogP contribution is -2.32. The number of amides is 2. The summed E-state index contributed by atoms with van der Waals surface area (Å²) in [5, 5.41) is 12.9. The lowest BCUT2D eigenvalue weighted by atomic mass is 10.1. The fourth-order valence-electron chi connectivity index (χ4n) is 2.71. The van der Waals surface area contributed by atoms with Gasteiger partial charge in [-0.15, -0.1) is 0 Å². The van der Waals surface area contributed by atoms with Crippen LogP contribution in [-0.4, -0.2) is 41.0 Å². The Bertz CT molecular complexity index is 586. The van der Waals surface area contributed by atoms with Crippen LogP contribution in [0.25, 0.3) is 0 Å². The van der Waals surface area contributed by atoms with Crippen LogP contribution in [0.3, 0.4) is 0 Å². The summed E-state index contributed by atoms with van der Waals surface area (Å²) in [5.41, 5.74) is 0.197. The highest BCUT2D eigenvalue weighted by Gasteiger charge is 2.39. The molecule has 21 heavy (non-hydrogen) atoms. The van der Waals surface area contributed by atoms with Crippen molar-refractivity contribution in [3.8, 4) is 5.75 Å². The summed E-state index contributed by atoms with van der Waals surface area (Å²) in [4.78, 5) is 25.8. The second kappa shape index (κ2) is 5.56. The van der Waals surface area contributed by atoms with Crippen LogP contribution in [0.5, 0.6) is 5.75 Å². The van der Waals surface area contributed by atoms with Gasteiger partial charge in [-0.05, 0) is 31.0 Å². The molecule has 0 unspecified atom stereocenters. The Kier molecular flexibility index (Phi) is 3.76. The summed E-state index contributed by atoms with van der Waals surface area (Å²) in [6, 6.07) is 4.82. The van der Waals surface area contributed by atoms with Gasteiger partial charge in [0.1, 0.15) is 5.75 Å². The molecule has 1 aromatic carbocycles. The van der Waals surface area contributed by atoms with Gasteiger partial charge in [-0.25, -0.2) is 0 Å². The molecule has 2 aliphatic rings. The molecule has 0 aromatic heterocycles. The van der Waals surface area contributed by atoms with Gasteiger partial charge in [0, 0.05) is 36.5 Å². The van der Waals surface area contributed by atoms with E-state index in [4.69, 9.17) is 11.6 Å². The molecule has 1 atom stereocenters. The quantitative estimate of drug-likeness (QED) is 0.891. The smallest absolute Gasteiger partial charge is 0.255 e. The van der Waals surface area contributed by atoms with E-state index in [-0.39, 0.29) is 29.0 Å². The zero-order chi connectivity index (χ0) is 15.0. The number of hydrogen-bond donors (Lipinski definition) is 2. The summed E-state index contributed by atoms with van der Waals surface area (Å²) < 4.78 is 0. The van der Waals surface area contributed by atoms with Gasteiger partial charge >= 0.3 is 0 Å². The van der Waals surface area contributed by atoms with E-state index in [0.29, 0.717) is 24.0 Å². The van der Waals surface area contributed by atoms with E-state index in [0.717, 1.165) is 19.4 Å². The summed E-state index contributed by atoms with van der Waals surface area (Å²) in [6.45, 7) is 1.16. The minimum Gasteiger partial charge on any atom is -0.507 e. The van der Waals surface area contributed by atoms with E-state index in [1.807, 2.05) is 4.90 Å². The molecular weight excluding hydrogens is 292 g/mol. The first kappa shape index (κ1) is 14.2. The molecular formula is C15H17ClN2O3. The number of aromatic hydroxyl groups is 1. The molecule has 2 amide bonds. The molecule has 3 rings (SSSR count). The zero-order valence-electron chi connectivity index (χ0n) is 11.5. The highest BCUT2D eigenvalue weighted by Crippen LogP contribution is 2.32. The van der Waals surface area contributed by atoms with Gasteiger partial charge in [-0.1, -0.05) is 11.6 Å². The Morgan fingerprint density at radius 3 is 2.86 bits per heavy atom. The van der Waals surface area contributed by atoms with Gasteiger partial charge < -0.3 is 15.3 Å². The number of phenols is 1. The Labute approximate surface area is 127 Å². The molecule has 1 aliphatic heterocycles. The average molecular weight is 309 g/mol. The van der Waals surface area contributed by atoms with Crippen molar-refractivity contribution in [2.75, 3.05) is 13.1 Å². The van der Waals surface area contributed by atoms with Crippen molar-refractivity contribution in [3.63, 3.8) is 0 Å². The first-order valence-electron chi connectivity index (χ1n) is 7.11. The van der Waals surface area contributed by atoms with Crippen molar-refractivity contribution in [2.24, 2.45) is 5.92 Å². The van der Waals surface area contributed by atoms with Crippen LogP contribution in [0.15, 0.2) is 18.2 Å². The molecule has 1 heterocycles. The van der Waals surface area contributed by atoms with Crippen molar-refractivity contribution >= 4 is 23.4 Å². The Morgan fingerprint density at radius 1 is 1.43 bits per heavy atom. The van der Waals surface area contributed by atoms with Crippen LogP contribution < -0.4 is 5.32 Å². The number of benzene rings is 1. The van der Waals surface area contributed by atoms with E-state index in [9.17, 15) is 14.7 Å². The lowest BCUT2D eigenvalue weighted by molar-refractivity contribution is -0.128. The van der Waals surface area contributed by atoms with E-state index >= 15 is 0 Å². The van der Waals surface area contributed by atoms with Crippen molar-refractivity contribution in [2.45, 2.75) is 25.3 Å². The summed E-state index contributed by atoms with van der Waals surface area (Å²) in [5.74, 6) is -0.147. The maximum atomic E-state index is 12.0. The van der Waals surface area contributed by atoms with Crippen LogP contribution in [0.4, 0.5) is 0 Å². The van der Waals surface area contributed by atoms with Crippen molar-refractivity contribution in [1.29, 1.82) is 0 Å². The van der Waals surface area contributed by atoms with Crippen LogP contribution in [0.1, 0.15) is 29.6 Å². The fraction of sp³-hybridized carbons (Fsp3) is 0.467. The molecule has 1 aliphatic carbocycles. The van der Waals surface area contributed by atoms with Gasteiger partial charge in [0.15, 0.2) is 0 Å². The monoisotopic (exact) mass is 308 g/mol. The highest BCUT2D eigenvalue weighted by molar-refractivity contribution is 6.30. The molecule has 0 bridgehead atoms. The predicted molar refractivity (Wildman–Crippen MR) is 78.3 cm³/mol. The molecule has 2 fully saturated rings. The van der Waals surface area contributed by atoms with E-state index in [1.54, 1.807) is 6.07 Å². The van der Waals surface area contributed by atoms with Gasteiger partial charge in [0.2, 0.25) is 5.91 Å². The minimum atomic E-state index is -0.346. The highest BCUT2D eigenvalue weighted by atomic mass is 35.5. The minimum absolute atomic E-state index is 0.137. The predicted octanol–water partition coefficient (Wildman–Crippen LogP) is 1.79. The molecule has 2 N–H and O–H groups in total. The average Bonchev–Trinajstić information content (AvgIpc) is 3.20. The summed E-state index contributed by atoms with van der Waals surface area (Å²) >= 11 is 5.74. The Morgan fingerprint density at radius 2 is 2.19 bits per heavy atom. The Balaban J connectivity index is 1.55. The molecule has 6 heteroatoms. The third-order valence-corrected chi connectivity index (χ3v) is 4.22. The number of rotatable bonds is 4. The maximum Gasteiger partial charge on any atom is 0.255 e. The van der Waals surface area contributed by atoms with E-state index in [2.05, 4.69) is 5.32 Å². The lowest BCUT2D eigenvalue weighted by Gasteiger charge is -2.15. The molecule has 1 aromatic rings. The number of halogens is 1. The van der Waals surface area contributed by atoms with Crippen LogP contribution in [-0.2, 0) is 4.79 Å². The van der Waals surface area contributed by atoms with Crippen molar-refractivity contribution in [1.82, 2.24) is 10.2 Å². The molecule has 0 spiro atoms. The second-order valence-corrected chi connectivity index (χ2v) is 6.16. The molecule has 112 valence electrons. The number of carbonyl (C=O) groups is 2. The first-order chi connectivity index (χ1) is 10.0. The molecule has 5 nitrogen and oxygen atoms in total. The van der Waals surface area contributed by atoms with Gasteiger partial charge in [0.05, 0.1) is 5.56 Å². The van der Waals surface area contributed by atoms with Crippen LogP contribution in [0, 0.1) is 5.92 Å². The van der Waals surface area contributed by atoms with Gasteiger partial charge in [-0.2, -0.15) is 0 Å². The standard InChI is InChI=1S/C15H17ClN2O3/c16-10-1-4-12(13(19)6-10)15(21)17-7-9-5-14(20)18(8-9)11-2-3-11/h1,4,6,9,11,19H,2-3,5,7-8H2,(H,17,21)/t9-/m1/s1. The largest absolute Gasteiger partial charge is 0.507 e. The van der Waals surface area contributed by atoms with E-state index < -0.39 is 0 Å². The van der Waals surface area contributed by atoms with Crippen molar-refractivity contribution in [3.05, 3.63) is 28.8 Å². The normalized spacial score (nSPS) is 21.7. The molecule has 1 saturated carbocycles. The number of likely N-dealkylation sites (tertiary alicyclic amines) is 1. The van der Waals surface area contributed by atoms with Crippen LogP contribution >= 0.6 is 11.6 Å². The number of carbonyl (C=O) groups excluding carboxylic acids is 2.